The summed E-state index contributed by atoms with van der Waals surface area (Å²) in [6.45, 7) is 13.3. The van der Waals surface area contributed by atoms with Crippen molar-refractivity contribution < 1.29 is 9.59 Å². The molecule has 1 atom stereocenters. The fourth-order valence-electron chi connectivity index (χ4n) is 4.62. The number of piperazine rings is 1. The maximum Gasteiger partial charge on any atom is 0.250 e. The molecule has 2 amide bonds. The van der Waals surface area contributed by atoms with Crippen LogP contribution in [0.5, 0.6) is 0 Å². The van der Waals surface area contributed by atoms with E-state index in [0.717, 1.165) is 31.9 Å². The lowest BCUT2D eigenvalue weighted by Crippen LogP contribution is -2.63. The van der Waals surface area contributed by atoms with Crippen LogP contribution in [0.2, 0.25) is 0 Å². The van der Waals surface area contributed by atoms with Crippen LogP contribution in [0.3, 0.4) is 0 Å². The monoisotopic (exact) mass is 420 g/mol. The van der Waals surface area contributed by atoms with Gasteiger partial charge in [0.1, 0.15) is 5.54 Å². The molecule has 2 aromatic carbocycles. The van der Waals surface area contributed by atoms with Crippen LogP contribution < -0.4 is 15.1 Å². The van der Waals surface area contributed by atoms with Gasteiger partial charge in [-0.15, -0.1) is 0 Å². The second-order valence-electron chi connectivity index (χ2n) is 9.12. The van der Waals surface area contributed by atoms with E-state index in [9.17, 15) is 9.59 Å². The first kappa shape index (κ1) is 21.4. The van der Waals surface area contributed by atoms with E-state index >= 15 is 0 Å². The van der Waals surface area contributed by atoms with Gasteiger partial charge in [-0.05, 0) is 63.9 Å². The van der Waals surface area contributed by atoms with Crippen molar-refractivity contribution in [3.63, 3.8) is 0 Å². The molecule has 0 unspecified atom stereocenters. The highest BCUT2D eigenvalue weighted by atomic mass is 16.2. The van der Waals surface area contributed by atoms with Crippen molar-refractivity contribution in [1.82, 2.24) is 4.90 Å². The first-order valence-electron chi connectivity index (χ1n) is 11.0. The molecule has 164 valence electrons. The van der Waals surface area contributed by atoms with Crippen LogP contribution in [0.1, 0.15) is 31.9 Å². The van der Waals surface area contributed by atoms with Gasteiger partial charge in [-0.1, -0.05) is 24.3 Å². The second-order valence-corrected chi connectivity index (χ2v) is 9.12. The number of para-hydroxylation sites is 2. The van der Waals surface area contributed by atoms with E-state index in [1.54, 1.807) is 18.7 Å². The number of amides is 2. The Balaban J connectivity index is 1.51. The number of aryl methyl sites for hydroxylation is 1. The molecule has 0 radical (unpaired) electrons. The SMILES string of the molecule is Cc1cccc(N2CCN([C@H](C)C(=O)N3c4ccccc4NC(=O)C3(C)C)CC2)c1C. The topological polar surface area (TPSA) is 55.9 Å². The summed E-state index contributed by atoms with van der Waals surface area (Å²) in [5.74, 6) is -0.195. The fourth-order valence-corrected chi connectivity index (χ4v) is 4.62. The quantitative estimate of drug-likeness (QED) is 0.825. The first-order chi connectivity index (χ1) is 14.7. The van der Waals surface area contributed by atoms with Crippen LogP contribution in [0, 0.1) is 13.8 Å². The first-order valence-corrected chi connectivity index (χ1v) is 11.0. The minimum atomic E-state index is -0.944. The Labute approximate surface area is 184 Å². The van der Waals surface area contributed by atoms with Gasteiger partial charge in [-0.2, -0.15) is 0 Å². The molecule has 1 saturated heterocycles. The number of hydrogen-bond donors (Lipinski definition) is 1. The van der Waals surface area contributed by atoms with Crippen molar-refractivity contribution in [2.45, 2.75) is 46.2 Å². The summed E-state index contributed by atoms with van der Waals surface area (Å²) in [5.41, 5.74) is 4.40. The lowest BCUT2D eigenvalue weighted by molar-refractivity contribution is -0.129. The number of carbonyl (C=O) groups excluding carboxylic acids is 2. The summed E-state index contributed by atoms with van der Waals surface area (Å²) < 4.78 is 0. The summed E-state index contributed by atoms with van der Waals surface area (Å²) >= 11 is 0. The maximum absolute atomic E-state index is 13.7. The fraction of sp³-hybridized carbons (Fsp3) is 0.440. The van der Waals surface area contributed by atoms with E-state index in [1.165, 1.54) is 16.8 Å². The Hall–Kier alpha value is -2.86. The Bertz CT molecular complexity index is 1010. The molecule has 6 nitrogen and oxygen atoms in total. The minimum absolute atomic E-state index is 0.0347. The number of anilines is 3. The zero-order valence-corrected chi connectivity index (χ0v) is 19.1. The van der Waals surface area contributed by atoms with Crippen LogP contribution in [0.4, 0.5) is 17.1 Å². The van der Waals surface area contributed by atoms with Gasteiger partial charge in [-0.25, -0.2) is 0 Å². The highest BCUT2D eigenvalue weighted by molar-refractivity contribution is 6.15. The van der Waals surface area contributed by atoms with Gasteiger partial charge in [0, 0.05) is 31.9 Å². The molecule has 0 aliphatic carbocycles. The Morgan fingerprint density at radius 1 is 0.968 bits per heavy atom. The van der Waals surface area contributed by atoms with Crippen LogP contribution in [0.15, 0.2) is 42.5 Å². The third-order valence-electron chi connectivity index (χ3n) is 6.86. The largest absolute Gasteiger partial charge is 0.369 e. The smallest absolute Gasteiger partial charge is 0.250 e. The molecule has 2 aliphatic rings. The average molecular weight is 421 g/mol. The van der Waals surface area contributed by atoms with E-state index in [0.29, 0.717) is 5.69 Å². The summed E-state index contributed by atoms with van der Waals surface area (Å²) in [6.07, 6.45) is 0. The standard InChI is InChI=1S/C25H32N4O2/c1-17-9-8-12-21(18(17)2)28-15-13-27(14-16-28)19(3)23(30)29-22-11-7-6-10-20(22)26-24(31)25(29,4)5/h6-12,19H,13-16H2,1-5H3,(H,26,31)/t19-/m1/s1. The van der Waals surface area contributed by atoms with Crippen molar-refractivity contribution in [2.24, 2.45) is 0 Å². The minimum Gasteiger partial charge on any atom is -0.369 e. The van der Waals surface area contributed by atoms with Crippen molar-refractivity contribution in [1.29, 1.82) is 0 Å². The number of nitrogens with zero attached hydrogens (tertiary/aromatic N) is 3. The molecule has 1 fully saturated rings. The molecule has 31 heavy (non-hydrogen) atoms. The van der Waals surface area contributed by atoms with Crippen molar-refractivity contribution in [3.8, 4) is 0 Å². The molecule has 2 aromatic rings. The average Bonchev–Trinajstić information content (AvgIpc) is 2.76. The summed E-state index contributed by atoms with van der Waals surface area (Å²) in [5, 5.41) is 2.93. The number of nitrogens with one attached hydrogen (secondary N) is 1. The highest BCUT2D eigenvalue weighted by Gasteiger charge is 2.45. The maximum atomic E-state index is 13.7. The third-order valence-corrected chi connectivity index (χ3v) is 6.86. The van der Waals surface area contributed by atoms with Crippen molar-refractivity contribution in [3.05, 3.63) is 53.6 Å². The molecule has 0 bridgehead atoms. The van der Waals surface area contributed by atoms with Crippen molar-refractivity contribution >= 4 is 28.9 Å². The molecule has 6 heteroatoms. The van der Waals surface area contributed by atoms with Crippen LogP contribution in [0.25, 0.3) is 0 Å². The van der Waals surface area contributed by atoms with Gasteiger partial charge in [0.25, 0.3) is 0 Å². The summed E-state index contributed by atoms with van der Waals surface area (Å²) in [7, 11) is 0. The molecule has 4 rings (SSSR count). The number of hydrogen-bond acceptors (Lipinski definition) is 4. The lowest BCUT2D eigenvalue weighted by Gasteiger charge is -2.45. The number of fused-ring (bicyclic) bond motifs is 1. The van der Waals surface area contributed by atoms with Gasteiger partial charge in [0.05, 0.1) is 17.4 Å². The molecular formula is C25H32N4O2. The van der Waals surface area contributed by atoms with Crippen LogP contribution >= 0.6 is 0 Å². The summed E-state index contributed by atoms with van der Waals surface area (Å²) in [6, 6.07) is 13.6. The van der Waals surface area contributed by atoms with Gasteiger partial charge < -0.3 is 10.2 Å². The Kier molecular flexibility index (Phi) is 5.52. The van der Waals surface area contributed by atoms with Crippen molar-refractivity contribution in [2.75, 3.05) is 41.3 Å². The van der Waals surface area contributed by atoms with Gasteiger partial charge in [-0.3, -0.25) is 19.4 Å². The normalized spacial score (nSPS) is 19.6. The third kappa shape index (κ3) is 3.69. The van der Waals surface area contributed by atoms with Gasteiger partial charge in [0.15, 0.2) is 0 Å². The lowest BCUT2D eigenvalue weighted by atomic mass is 9.95. The zero-order chi connectivity index (χ0) is 22.3. The van der Waals surface area contributed by atoms with Crippen LogP contribution in [-0.4, -0.2) is 54.5 Å². The van der Waals surface area contributed by atoms with E-state index in [-0.39, 0.29) is 17.9 Å². The van der Waals surface area contributed by atoms with Crippen LogP contribution in [-0.2, 0) is 9.59 Å². The Morgan fingerprint density at radius 3 is 2.32 bits per heavy atom. The highest BCUT2D eigenvalue weighted by Crippen LogP contribution is 2.37. The van der Waals surface area contributed by atoms with E-state index < -0.39 is 5.54 Å². The number of rotatable bonds is 3. The molecular weight excluding hydrogens is 388 g/mol. The molecule has 2 aliphatic heterocycles. The predicted octanol–water partition coefficient (Wildman–Crippen LogP) is 3.58. The predicted molar refractivity (Wildman–Crippen MR) is 126 cm³/mol. The second kappa shape index (κ2) is 8.00. The number of carbonyl (C=O) groups is 2. The van der Waals surface area contributed by atoms with E-state index in [1.807, 2.05) is 31.2 Å². The van der Waals surface area contributed by atoms with Gasteiger partial charge in [0.2, 0.25) is 11.8 Å². The molecule has 0 spiro atoms. The molecule has 0 saturated carbocycles. The molecule has 1 N–H and O–H groups in total. The Morgan fingerprint density at radius 2 is 1.61 bits per heavy atom. The number of benzene rings is 2. The van der Waals surface area contributed by atoms with E-state index in [4.69, 9.17) is 0 Å². The zero-order valence-electron chi connectivity index (χ0n) is 19.1. The van der Waals surface area contributed by atoms with Gasteiger partial charge >= 0.3 is 0 Å². The van der Waals surface area contributed by atoms with E-state index in [2.05, 4.69) is 47.2 Å². The molecule has 2 heterocycles. The molecule has 0 aromatic heterocycles. The summed E-state index contributed by atoms with van der Waals surface area (Å²) in [4.78, 5) is 32.7.